The van der Waals surface area contributed by atoms with Gasteiger partial charge in [0.1, 0.15) is 5.82 Å². The second kappa shape index (κ2) is 11.0. The molecular formula is C18H28FNO2. The highest BCUT2D eigenvalue weighted by Crippen LogP contribution is 2.20. The number of halogens is 1. The van der Waals surface area contributed by atoms with Crippen LogP contribution in [-0.2, 0) is 4.79 Å². The molecule has 1 N–H and O–H groups in total. The van der Waals surface area contributed by atoms with E-state index in [-0.39, 0.29) is 12.2 Å². The van der Waals surface area contributed by atoms with Crippen LogP contribution in [-0.4, -0.2) is 24.2 Å². The number of aliphatic carboxylic acids is 1. The Bertz CT molecular complexity index is 437. The Morgan fingerprint density at radius 3 is 2.32 bits per heavy atom. The van der Waals surface area contributed by atoms with Gasteiger partial charge in [-0.3, -0.25) is 4.79 Å². The molecule has 0 aliphatic heterocycles. The number of hydrogen-bond acceptors (Lipinski definition) is 2. The van der Waals surface area contributed by atoms with Crippen LogP contribution in [0.3, 0.4) is 0 Å². The van der Waals surface area contributed by atoms with Crippen molar-refractivity contribution in [3.05, 3.63) is 30.1 Å². The summed E-state index contributed by atoms with van der Waals surface area (Å²) in [6.45, 7) is 3.27. The molecule has 4 heteroatoms. The molecule has 3 nitrogen and oxygen atoms in total. The molecule has 1 rings (SSSR count). The van der Waals surface area contributed by atoms with E-state index in [2.05, 4.69) is 6.92 Å². The van der Waals surface area contributed by atoms with Crippen LogP contribution in [0.25, 0.3) is 0 Å². The molecule has 0 heterocycles. The van der Waals surface area contributed by atoms with Gasteiger partial charge >= 0.3 is 5.97 Å². The van der Waals surface area contributed by atoms with Crippen molar-refractivity contribution < 1.29 is 14.3 Å². The Labute approximate surface area is 133 Å². The molecule has 0 saturated carbocycles. The van der Waals surface area contributed by atoms with Gasteiger partial charge in [-0.2, -0.15) is 0 Å². The Morgan fingerprint density at radius 1 is 1.05 bits per heavy atom. The number of rotatable bonds is 12. The van der Waals surface area contributed by atoms with Crippen LogP contribution in [0.4, 0.5) is 10.1 Å². The zero-order chi connectivity index (χ0) is 16.2. The van der Waals surface area contributed by atoms with Crippen LogP contribution >= 0.6 is 0 Å². The fourth-order valence-electron chi connectivity index (χ4n) is 2.55. The summed E-state index contributed by atoms with van der Waals surface area (Å²) < 4.78 is 13.9. The number of unbranched alkanes of at least 4 members (excludes halogenated alkanes) is 6. The zero-order valence-corrected chi connectivity index (χ0v) is 13.6. The largest absolute Gasteiger partial charge is 0.481 e. The summed E-state index contributed by atoms with van der Waals surface area (Å²) in [5.74, 6) is -1.13. The van der Waals surface area contributed by atoms with E-state index in [1.165, 1.54) is 38.2 Å². The number of nitrogens with zero attached hydrogens (tertiary/aromatic N) is 1. The third-order valence-corrected chi connectivity index (χ3v) is 3.82. The van der Waals surface area contributed by atoms with Crippen molar-refractivity contribution in [3.8, 4) is 0 Å². The van der Waals surface area contributed by atoms with E-state index in [1.54, 1.807) is 18.2 Å². The first-order valence-corrected chi connectivity index (χ1v) is 8.36. The molecule has 0 bridgehead atoms. The monoisotopic (exact) mass is 309 g/mol. The highest BCUT2D eigenvalue weighted by atomic mass is 19.1. The molecule has 0 saturated heterocycles. The maximum Gasteiger partial charge on any atom is 0.305 e. The van der Waals surface area contributed by atoms with Gasteiger partial charge in [0.05, 0.1) is 12.1 Å². The molecule has 124 valence electrons. The van der Waals surface area contributed by atoms with Crippen molar-refractivity contribution in [3.63, 3.8) is 0 Å². The van der Waals surface area contributed by atoms with Gasteiger partial charge in [-0.25, -0.2) is 4.39 Å². The molecule has 1 aromatic carbocycles. The second-order valence-electron chi connectivity index (χ2n) is 5.70. The van der Waals surface area contributed by atoms with E-state index < -0.39 is 5.97 Å². The minimum absolute atomic E-state index is 0.0326. The number of carboxylic acids is 1. The number of para-hydroxylation sites is 1. The van der Waals surface area contributed by atoms with Crippen molar-refractivity contribution in [1.82, 2.24) is 0 Å². The Morgan fingerprint density at radius 2 is 1.68 bits per heavy atom. The summed E-state index contributed by atoms with van der Waals surface area (Å²) in [6, 6.07) is 6.59. The minimum Gasteiger partial charge on any atom is -0.481 e. The topological polar surface area (TPSA) is 40.5 Å². The molecule has 0 fully saturated rings. The predicted octanol–water partition coefficient (Wildman–Crippen LogP) is 4.86. The van der Waals surface area contributed by atoms with Gasteiger partial charge in [0.2, 0.25) is 0 Å². The van der Waals surface area contributed by atoms with E-state index in [1.807, 2.05) is 4.90 Å². The minimum atomic E-state index is -0.846. The lowest BCUT2D eigenvalue weighted by Crippen LogP contribution is -2.28. The third kappa shape index (κ3) is 7.43. The Balaban J connectivity index is 2.42. The van der Waals surface area contributed by atoms with Crippen LogP contribution in [0, 0.1) is 5.82 Å². The fourth-order valence-corrected chi connectivity index (χ4v) is 2.55. The molecule has 0 radical (unpaired) electrons. The standard InChI is InChI=1S/C18H28FNO2/c1-2-3-4-5-6-7-10-14-20(15-13-18(21)22)17-12-9-8-11-16(17)19/h8-9,11-12H,2-7,10,13-15H2,1H3,(H,21,22). The van der Waals surface area contributed by atoms with Crippen molar-refractivity contribution in [1.29, 1.82) is 0 Å². The fraction of sp³-hybridized carbons (Fsp3) is 0.611. The van der Waals surface area contributed by atoms with E-state index in [9.17, 15) is 9.18 Å². The molecule has 0 aliphatic rings. The third-order valence-electron chi connectivity index (χ3n) is 3.82. The van der Waals surface area contributed by atoms with Crippen molar-refractivity contribution >= 4 is 11.7 Å². The number of carboxylic acid groups (broad SMARTS) is 1. The smallest absolute Gasteiger partial charge is 0.305 e. The van der Waals surface area contributed by atoms with Crippen LogP contribution in [0.5, 0.6) is 0 Å². The highest BCUT2D eigenvalue weighted by Gasteiger charge is 2.12. The maximum absolute atomic E-state index is 13.9. The van der Waals surface area contributed by atoms with E-state index >= 15 is 0 Å². The lowest BCUT2D eigenvalue weighted by atomic mass is 10.1. The Kier molecular flexibility index (Phi) is 9.28. The van der Waals surface area contributed by atoms with Gasteiger partial charge in [0, 0.05) is 13.1 Å². The van der Waals surface area contributed by atoms with E-state index in [0.717, 1.165) is 12.8 Å². The van der Waals surface area contributed by atoms with Gasteiger partial charge in [0.25, 0.3) is 0 Å². The van der Waals surface area contributed by atoms with Gasteiger partial charge in [-0.1, -0.05) is 57.6 Å². The van der Waals surface area contributed by atoms with Crippen LogP contribution < -0.4 is 4.90 Å². The number of hydrogen-bond donors (Lipinski definition) is 1. The predicted molar refractivity (Wildman–Crippen MR) is 88.9 cm³/mol. The average molecular weight is 309 g/mol. The quantitative estimate of drug-likeness (QED) is 0.561. The molecule has 0 unspecified atom stereocenters. The first-order chi connectivity index (χ1) is 10.6. The van der Waals surface area contributed by atoms with Crippen LogP contribution in [0.2, 0.25) is 0 Å². The highest BCUT2D eigenvalue weighted by molar-refractivity contribution is 5.67. The molecule has 1 aromatic rings. The van der Waals surface area contributed by atoms with Crippen LogP contribution in [0.15, 0.2) is 24.3 Å². The second-order valence-corrected chi connectivity index (χ2v) is 5.70. The van der Waals surface area contributed by atoms with Crippen molar-refractivity contribution in [2.75, 3.05) is 18.0 Å². The SMILES string of the molecule is CCCCCCCCCN(CCC(=O)O)c1ccccc1F. The summed E-state index contributed by atoms with van der Waals surface area (Å²) in [5.41, 5.74) is 0.509. The Hall–Kier alpha value is -1.58. The van der Waals surface area contributed by atoms with E-state index in [4.69, 9.17) is 5.11 Å². The summed E-state index contributed by atoms with van der Waals surface area (Å²) in [4.78, 5) is 12.6. The van der Waals surface area contributed by atoms with Gasteiger partial charge in [0.15, 0.2) is 0 Å². The van der Waals surface area contributed by atoms with Gasteiger partial charge < -0.3 is 10.0 Å². The molecule has 22 heavy (non-hydrogen) atoms. The molecular weight excluding hydrogens is 281 g/mol. The first kappa shape index (κ1) is 18.5. The summed E-state index contributed by atoms with van der Waals surface area (Å²) in [5, 5.41) is 8.85. The lowest BCUT2D eigenvalue weighted by Gasteiger charge is -2.24. The zero-order valence-electron chi connectivity index (χ0n) is 13.6. The molecule has 0 spiro atoms. The summed E-state index contributed by atoms with van der Waals surface area (Å²) in [7, 11) is 0. The summed E-state index contributed by atoms with van der Waals surface area (Å²) in [6.07, 6.45) is 8.39. The van der Waals surface area contributed by atoms with E-state index in [0.29, 0.717) is 18.8 Å². The molecule has 0 aromatic heterocycles. The van der Waals surface area contributed by atoms with Crippen molar-refractivity contribution in [2.45, 2.75) is 58.3 Å². The lowest BCUT2D eigenvalue weighted by molar-refractivity contribution is -0.136. The summed E-state index contributed by atoms with van der Waals surface area (Å²) >= 11 is 0. The molecule has 0 amide bonds. The van der Waals surface area contributed by atoms with Crippen molar-refractivity contribution in [2.24, 2.45) is 0 Å². The number of carbonyl (C=O) groups is 1. The number of benzene rings is 1. The van der Waals surface area contributed by atoms with Gasteiger partial charge in [-0.15, -0.1) is 0 Å². The van der Waals surface area contributed by atoms with Gasteiger partial charge in [-0.05, 0) is 18.6 Å². The normalized spacial score (nSPS) is 10.6. The average Bonchev–Trinajstić information content (AvgIpc) is 2.50. The molecule has 0 aliphatic carbocycles. The maximum atomic E-state index is 13.9. The first-order valence-electron chi connectivity index (χ1n) is 8.36. The van der Waals surface area contributed by atoms with Crippen LogP contribution in [0.1, 0.15) is 58.3 Å². The molecule has 0 atom stereocenters. The number of anilines is 1.